The van der Waals surface area contributed by atoms with Gasteiger partial charge in [-0.3, -0.25) is 4.90 Å². The fourth-order valence-electron chi connectivity index (χ4n) is 2.40. The van der Waals surface area contributed by atoms with Crippen molar-refractivity contribution >= 4 is 0 Å². The van der Waals surface area contributed by atoms with Gasteiger partial charge in [-0.05, 0) is 26.4 Å². The molecular formula is C14H27N5. The van der Waals surface area contributed by atoms with Crippen LogP contribution in [-0.4, -0.2) is 72.2 Å². The van der Waals surface area contributed by atoms with Gasteiger partial charge in [-0.15, -0.1) is 0 Å². The number of rotatable bonds is 8. The van der Waals surface area contributed by atoms with Crippen LogP contribution in [0.15, 0.2) is 18.7 Å². The summed E-state index contributed by atoms with van der Waals surface area (Å²) in [5.41, 5.74) is 0. The van der Waals surface area contributed by atoms with Gasteiger partial charge in [0, 0.05) is 58.2 Å². The van der Waals surface area contributed by atoms with Gasteiger partial charge >= 0.3 is 0 Å². The molecule has 0 unspecified atom stereocenters. The Bertz CT molecular complexity index is 317. The topological polar surface area (TPSA) is 36.3 Å². The Kier molecular flexibility index (Phi) is 6.33. The average molecular weight is 265 g/mol. The third-order valence-electron chi connectivity index (χ3n) is 3.78. The lowest BCUT2D eigenvalue weighted by Gasteiger charge is -2.32. The summed E-state index contributed by atoms with van der Waals surface area (Å²) < 4.78 is 2.14. The van der Waals surface area contributed by atoms with Crippen LogP contribution in [0.3, 0.4) is 0 Å². The van der Waals surface area contributed by atoms with Crippen LogP contribution >= 0.6 is 0 Å². The fourth-order valence-corrected chi connectivity index (χ4v) is 2.40. The normalized spacial score (nSPS) is 17.9. The Hall–Kier alpha value is -0.910. The smallest absolute Gasteiger partial charge is 0.0945 e. The van der Waals surface area contributed by atoms with Crippen molar-refractivity contribution in [3.8, 4) is 0 Å². The highest BCUT2D eigenvalue weighted by Crippen LogP contribution is 1.98. The van der Waals surface area contributed by atoms with Crippen molar-refractivity contribution in [1.29, 1.82) is 0 Å². The summed E-state index contributed by atoms with van der Waals surface area (Å²) in [6.45, 7) is 9.39. The summed E-state index contributed by atoms with van der Waals surface area (Å²) in [6.07, 6.45) is 8.22. The molecule has 19 heavy (non-hydrogen) atoms. The third-order valence-corrected chi connectivity index (χ3v) is 3.78. The van der Waals surface area contributed by atoms with Gasteiger partial charge in [-0.1, -0.05) is 0 Å². The van der Waals surface area contributed by atoms with Gasteiger partial charge < -0.3 is 14.8 Å². The van der Waals surface area contributed by atoms with E-state index in [0.29, 0.717) is 0 Å². The molecule has 0 aromatic carbocycles. The molecule has 0 aliphatic carbocycles. The Morgan fingerprint density at radius 1 is 1.05 bits per heavy atom. The second-order valence-corrected chi connectivity index (χ2v) is 5.40. The molecule has 108 valence electrons. The van der Waals surface area contributed by atoms with E-state index in [1.807, 2.05) is 18.7 Å². The van der Waals surface area contributed by atoms with Crippen LogP contribution in [0.5, 0.6) is 0 Å². The van der Waals surface area contributed by atoms with Crippen molar-refractivity contribution in [2.45, 2.75) is 19.4 Å². The number of aryl methyl sites for hydroxylation is 1. The Morgan fingerprint density at radius 3 is 2.63 bits per heavy atom. The molecule has 0 atom stereocenters. The molecular weight excluding hydrogens is 238 g/mol. The number of nitrogens with one attached hydrogen (secondary N) is 1. The van der Waals surface area contributed by atoms with E-state index in [1.165, 1.54) is 45.6 Å². The van der Waals surface area contributed by atoms with Crippen molar-refractivity contribution in [2.24, 2.45) is 0 Å². The minimum atomic E-state index is 1.08. The first-order chi connectivity index (χ1) is 9.34. The number of likely N-dealkylation sites (N-methyl/N-ethyl adjacent to an activating group) is 1. The first-order valence-electron chi connectivity index (χ1n) is 7.42. The standard InChI is InChI=1S/C14H27N5/c1-17-10-12-18(13-11-17)8-5-15-4-2-3-7-19-9-6-16-14-19/h6,9,14-15H,2-5,7-8,10-13H2,1H3. The summed E-state index contributed by atoms with van der Waals surface area (Å²) in [6, 6.07) is 0. The molecule has 1 saturated heterocycles. The zero-order valence-electron chi connectivity index (χ0n) is 12.1. The van der Waals surface area contributed by atoms with Gasteiger partial charge in [0.15, 0.2) is 0 Å². The molecule has 1 N–H and O–H groups in total. The predicted molar refractivity (Wildman–Crippen MR) is 78.3 cm³/mol. The van der Waals surface area contributed by atoms with Crippen LogP contribution in [0.25, 0.3) is 0 Å². The number of nitrogens with zero attached hydrogens (tertiary/aromatic N) is 4. The molecule has 5 nitrogen and oxygen atoms in total. The molecule has 0 spiro atoms. The van der Waals surface area contributed by atoms with Gasteiger partial charge in [0.25, 0.3) is 0 Å². The highest BCUT2D eigenvalue weighted by molar-refractivity contribution is 4.73. The monoisotopic (exact) mass is 265 g/mol. The van der Waals surface area contributed by atoms with E-state index in [2.05, 4.69) is 31.7 Å². The quantitative estimate of drug-likeness (QED) is 0.695. The summed E-state index contributed by atoms with van der Waals surface area (Å²) in [5.74, 6) is 0. The molecule has 5 heteroatoms. The zero-order chi connectivity index (χ0) is 13.3. The average Bonchev–Trinajstić information content (AvgIpc) is 2.93. The fraction of sp³-hybridized carbons (Fsp3) is 0.786. The number of hydrogen-bond donors (Lipinski definition) is 1. The van der Waals surface area contributed by atoms with E-state index in [0.717, 1.165) is 19.6 Å². The van der Waals surface area contributed by atoms with Crippen LogP contribution in [0.4, 0.5) is 0 Å². The molecule has 1 aromatic heterocycles. The van der Waals surface area contributed by atoms with Crippen LogP contribution in [0.1, 0.15) is 12.8 Å². The van der Waals surface area contributed by atoms with Crippen LogP contribution in [0, 0.1) is 0 Å². The van der Waals surface area contributed by atoms with Crippen LogP contribution in [-0.2, 0) is 6.54 Å². The van der Waals surface area contributed by atoms with Gasteiger partial charge in [-0.25, -0.2) is 4.98 Å². The van der Waals surface area contributed by atoms with Crippen molar-refractivity contribution < 1.29 is 0 Å². The molecule has 2 rings (SSSR count). The molecule has 2 heterocycles. The molecule has 0 saturated carbocycles. The van der Waals surface area contributed by atoms with Gasteiger partial charge in [0.05, 0.1) is 6.33 Å². The minimum Gasteiger partial charge on any atom is -0.337 e. The predicted octanol–water partition coefficient (Wildman–Crippen LogP) is 0.500. The molecule has 1 aromatic rings. The second-order valence-electron chi connectivity index (χ2n) is 5.40. The minimum absolute atomic E-state index is 1.08. The van der Waals surface area contributed by atoms with Crippen molar-refractivity contribution in [2.75, 3.05) is 52.9 Å². The summed E-state index contributed by atoms with van der Waals surface area (Å²) in [7, 11) is 2.20. The van der Waals surface area contributed by atoms with Crippen molar-refractivity contribution in [3.05, 3.63) is 18.7 Å². The SMILES string of the molecule is CN1CCN(CCNCCCCn2ccnc2)CC1. The van der Waals surface area contributed by atoms with Gasteiger partial charge in [-0.2, -0.15) is 0 Å². The molecule has 0 bridgehead atoms. The van der Waals surface area contributed by atoms with E-state index in [1.54, 1.807) is 0 Å². The van der Waals surface area contributed by atoms with E-state index in [-0.39, 0.29) is 0 Å². The van der Waals surface area contributed by atoms with E-state index in [9.17, 15) is 0 Å². The maximum absolute atomic E-state index is 4.05. The van der Waals surface area contributed by atoms with Gasteiger partial charge in [0.2, 0.25) is 0 Å². The molecule has 1 fully saturated rings. The number of piperazine rings is 1. The van der Waals surface area contributed by atoms with Gasteiger partial charge in [0.1, 0.15) is 0 Å². The first kappa shape index (κ1) is 14.5. The first-order valence-corrected chi connectivity index (χ1v) is 7.42. The Morgan fingerprint density at radius 2 is 1.89 bits per heavy atom. The lowest BCUT2D eigenvalue weighted by atomic mass is 10.3. The van der Waals surface area contributed by atoms with Crippen LogP contribution < -0.4 is 5.32 Å². The Labute approximate surface area is 116 Å². The number of imidazole rings is 1. The maximum atomic E-state index is 4.05. The summed E-state index contributed by atoms with van der Waals surface area (Å²) >= 11 is 0. The van der Waals surface area contributed by atoms with Crippen molar-refractivity contribution in [1.82, 2.24) is 24.7 Å². The van der Waals surface area contributed by atoms with Crippen LogP contribution in [0.2, 0.25) is 0 Å². The third kappa shape index (κ3) is 5.72. The molecule has 0 amide bonds. The maximum Gasteiger partial charge on any atom is 0.0945 e. The second kappa shape index (κ2) is 8.30. The highest BCUT2D eigenvalue weighted by Gasteiger charge is 2.12. The lowest BCUT2D eigenvalue weighted by Crippen LogP contribution is -2.46. The number of aromatic nitrogens is 2. The highest BCUT2D eigenvalue weighted by atomic mass is 15.2. The molecule has 0 radical (unpaired) electrons. The zero-order valence-corrected chi connectivity index (χ0v) is 12.1. The largest absolute Gasteiger partial charge is 0.337 e. The molecule has 1 aliphatic heterocycles. The number of hydrogen-bond acceptors (Lipinski definition) is 4. The summed E-state index contributed by atoms with van der Waals surface area (Å²) in [5, 5.41) is 3.54. The van der Waals surface area contributed by atoms with E-state index >= 15 is 0 Å². The van der Waals surface area contributed by atoms with E-state index < -0.39 is 0 Å². The number of unbranched alkanes of at least 4 members (excludes halogenated alkanes) is 1. The van der Waals surface area contributed by atoms with Crippen molar-refractivity contribution in [3.63, 3.8) is 0 Å². The lowest BCUT2D eigenvalue weighted by molar-refractivity contribution is 0.155. The Balaban J connectivity index is 1.40. The summed E-state index contributed by atoms with van der Waals surface area (Å²) in [4.78, 5) is 9.00. The van der Waals surface area contributed by atoms with E-state index in [4.69, 9.17) is 0 Å². The molecule has 1 aliphatic rings.